The molecule has 1 aliphatic heterocycles. The average Bonchev–Trinajstić information content (AvgIpc) is 3.30. The van der Waals surface area contributed by atoms with E-state index in [-0.39, 0.29) is 11.3 Å². The fourth-order valence-electron chi connectivity index (χ4n) is 3.53. The lowest BCUT2D eigenvalue weighted by atomic mass is 9.99. The van der Waals surface area contributed by atoms with Crippen molar-refractivity contribution >= 4 is 50.7 Å². The first kappa shape index (κ1) is 21.2. The van der Waals surface area contributed by atoms with Gasteiger partial charge in [-0.25, -0.2) is 0 Å². The van der Waals surface area contributed by atoms with Crippen LogP contribution in [0.3, 0.4) is 0 Å². The first-order valence-corrected chi connectivity index (χ1v) is 10.5. The van der Waals surface area contributed by atoms with Crippen LogP contribution in [0.25, 0.3) is 5.76 Å². The zero-order valence-corrected chi connectivity index (χ0v) is 18.9. The van der Waals surface area contributed by atoms with Crippen molar-refractivity contribution in [3.8, 4) is 5.75 Å². The Bertz CT molecular complexity index is 1210. The van der Waals surface area contributed by atoms with E-state index in [4.69, 9.17) is 20.8 Å². The van der Waals surface area contributed by atoms with Crippen LogP contribution >= 0.6 is 27.5 Å². The van der Waals surface area contributed by atoms with Gasteiger partial charge in [0.2, 0.25) is 0 Å². The van der Waals surface area contributed by atoms with E-state index >= 15 is 0 Å². The molecule has 8 heteroatoms. The summed E-state index contributed by atoms with van der Waals surface area (Å²) in [6, 6.07) is 14.1. The van der Waals surface area contributed by atoms with Crippen molar-refractivity contribution in [1.82, 2.24) is 0 Å². The Kier molecular flexibility index (Phi) is 5.64. The highest BCUT2D eigenvalue weighted by Gasteiger charge is 2.48. The molecule has 0 aliphatic carbocycles. The third-order valence-electron chi connectivity index (χ3n) is 5.00. The van der Waals surface area contributed by atoms with E-state index in [1.807, 2.05) is 0 Å². The largest absolute Gasteiger partial charge is 0.507 e. The van der Waals surface area contributed by atoms with Crippen molar-refractivity contribution in [2.45, 2.75) is 13.0 Å². The second-order valence-corrected chi connectivity index (χ2v) is 8.27. The first-order chi connectivity index (χ1) is 14.8. The van der Waals surface area contributed by atoms with Crippen LogP contribution in [-0.4, -0.2) is 23.9 Å². The van der Waals surface area contributed by atoms with Crippen molar-refractivity contribution in [2.75, 3.05) is 12.0 Å². The summed E-state index contributed by atoms with van der Waals surface area (Å²) in [5.74, 6) is -0.603. The number of Topliss-reactive ketones (excluding diaryl/α,β-unsaturated/α-hetero) is 1. The SMILES string of the molecule is COc1cc(/C(O)=C2/C(=O)C(=O)N(c3ccc(Br)cc3)C2c2ccc(C)o2)ccc1Cl. The summed E-state index contributed by atoms with van der Waals surface area (Å²) < 4.78 is 11.8. The molecule has 1 N–H and O–H groups in total. The molecule has 1 unspecified atom stereocenters. The number of ether oxygens (including phenoxy) is 1. The van der Waals surface area contributed by atoms with Gasteiger partial charge in [0.15, 0.2) is 0 Å². The van der Waals surface area contributed by atoms with Crippen molar-refractivity contribution < 1.29 is 23.8 Å². The lowest BCUT2D eigenvalue weighted by Crippen LogP contribution is -2.29. The van der Waals surface area contributed by atoms with Gasteiger partial charge in [-0.15, -0.1) is 0 Å². The van der Waals surface area contributed by atoms with E-state index in [2.05, 4.69) is 15.9 Å². The molecule has 0 spiro atoms. The topological polar surface area (TPSA) is 80.0 Å². The van der Waals surface area contributed by atoms with Crippen molar-refractivity contribution in [1.29, 1.82) is 0 Å². The zero-order valence-electron chi connectivity index (χ0n) is 16.6. The average molecular weight is 503 g/mol. The number of hydrogen-bond acceptors (Lipinski definition) is 5. The number of halogens is 2. The number of carbonyl (C=O) groups excluding carboxylic acids is 2. The molecule has 31 heavy (non-hydrogen) atoms. The van der Waals surface area contributed by atoms with E-state index in [0.717, 1.165) is 4.47 Å². The minimum atomic E-state index is -0.934. The molecular weight excluding hydrogens is 486 g/mol. The maximum Gasteiger partial charge on any atom is 0.300 e. The predicted molar refractivity (Wildman–Crippen MR) is 120 cm³/mol. The van der Waals surface area contributed by atoms with Crippen LogP contribution in [-0.2, 0) is 9.59 Å². The van der Waals surface area contributed by atoms with E-state index in [9.17, 15) is 14.7 Å². The molecule has 1 fully saturated rings. The standard InChI is InChI=1S/C23H17BrClNO5/c1-12-3-10-17(31-12)20-19(21(27)13-4-9-16(25)18(11-13)30-2)22(28)23(29)26(20)15-7-5-14(24)6-8-15/h3-11,20,27H,1-2H3/b21-19-. The minimum Gasteiger partial charge on any atom is -0.507 e. The van der Waals surface area contributed by atoms with Crippen molar-refractivity contribution in [3.05, 3.63) is 86.7 Å². The Morgan fingerprint density at radius 3 is 2.45 bits per heavy atom. The Labute approximate surface area is 191 Å². The number of hydrogen-bond donors (Lipinski definition) is 1. The number of anilines is 1. The summed E-state index contributed by atoms with van der Waals surface area (Å²) in [4.78, 5) is 27.4. The number of amides is 1. The smallest absolute Gasteiger partial charge is 0.300 e. The van der Waals surface area contributed by atoms with Gasteiger partial charge < -0.3 is 14.3 Å². The molecule has 1 saturated heterocycles. The molecule has 6 nitrogen and oxygen atoms in total. The monoisotopic (exact) mass is 501 g/mol. The van der Waals surface area contributed by atoms with Gasteiger partial charge >= 0.3 is 0 Å². The number of nitrogens with zero attached hydrogens (tertiary/aromatic N) is 1. The summed E-state index contributed by atoms with van der Waals surface area (Å²) in [7, 11) is 1.45. The normalized spacial score (nSPS) is 17.9. The van der Waals surface area contributed by atoms with E-state index in [1.54, 1.807) is 55.5 Å². The van der Waals surface area contributed by atoms with Crippen LogP contribution in [0.2, 0.25) is 5.02 Å². The van der Waals surface area contributed by atoms with E-state index < -0.39 is 17.7 Å². The zero-order chi connectivity index (χ0) is 22.3. The molecular formula is C23H17BrClNO5. The highest BCUT2D eigenvalue weighted by molar-refractivity contribution is 9.10. The lowest BCUT2D eigenvalue weighted by Gasteiger charge is -2.23. The molecule has 1 amide bonds. The number of rotatable bonds is 4. The summed E-state index contributed by atoms with van der Waals surface area (Å²) >= 11 is 9.45. The van der Waals surface area contributed by atoms with Crippen LogP contribution in [0, 0.1) is 6.92 Å². The molecule has 3 aromatic rings. The molecule has 158 valence electrons. The number of furan rings is 1. The number of carbonyl (C=O) groups is 2. The second-order valence-electron chi connectivity index (χ2n) is 6.94. The molecule has 0 saturated carbocycles. The molecule has 2 heterocycles. The summed E-state index contributed by atoms with van der Waals surface area (Å²) in [6.07, 6.45) is 0. The number of ketones is 1. The van der Waals surface area contributed by atoms with Gasteiger partial charge in [0.05, 0.1) is 17.7 Å². The molecule has 1 aromatic heterocycles. The highest BCUT2D eigenvalue weighted by Crippen LogP contribution is 2.43. The highest BCUT2D eigenvalue weighted by atomic mass is 79.9. The lowest BCUT2D eigenvalue weighted by molar-refractivity contribution is -0.132. The van der Waals surface area contributed by atoms with Gasteiger partial charge in [-0.1, -0.05) is 27.5 Å². The molecule has 4 rings (SSSR count). The van der Waals surface area contributed by atoms with Crippen LogP contribution in [0.4, 0.5) is 5.69 Å². The predicted octanol–water partition coefficient (Wildman–Crippen LogP) is 5.64. The summed E-state index contributed by atoms with van der Waals surface area (Å²) in [5.41, 5.74) is 0.715. The quantitative estimate of drug-likeness (QED) is 0.284. The molecule has 1 atom stereocenters. The number of benzene rings is 2. The van der Waals surface area contributed by atoms with E-state index in [1.165, 1.54) is 18.1 Å². The van der Waals surface area contributed by atoms with Crippen molar-refractivity contribution in [2.24, 2.45) is 0 Å². The molecule has 0 radical (unpaired) electrons. The van der Waals surface area contributed by atoms with Crippen molar-refractivity contribution in [3.63, 3.8) is 0 Å². The van der Waals surface area contributed by atoms with Crippen LogP contribution in [0.15, 0.2) is 69.1 Å². The van der Waals surface area contributed by atoms with E-state index in [0.29, 0.717) is 33.5 Å². The first-order valence-electron chi connectivity index (χ1n) is 9.28. The number of aryl methyl sites for hydroxylation is 1. The van der Waals surface area contributed by atoms with Gasteiger partial charge in [0.1, 0.15) is 29.1 Å². The van der Waals surface area contributed by atoms with Gasteiger partial charge in [0.25, 0.3) is 11.7 Å². The van der Waals surface area contributed by atoms with Crippen LogP contribution in [0.5, 0.6) is 5.75 Å². The van der Waals surface area contributed by atoms with Crippen LogP contribution in [0.1, 0.15) is 23.1 Å². The maximum absolute atomic E-state index is 13.1. The second kappa shape index (κ2) is 8.24. The Morgan fingerprint density at radius 1 is 1.13 bits per heavy atom. The Balaban J connectivity index is 1.93. The van der Waals surface area contributed by atoms with Gasteiger partial charge in [-0.2, -0.15) is 0 Å². The molecule has 2 aromatic carbocycles. The third kappa shape index (κ3) is 3.75. The number of aliphatic hydroxyl groups excluding tert-OH is 1. The van der Waals surface area contributed by atoms with Gasteiger partial charge in [0, 0.05) is 15.7 Å². The van der Waals surface area contributed by atoms with Crippen LogP contribution < -0.4 is 9.64 Å². The molecule has 1 aliphatic rings. The fraction of sp³-hybridized carbons (Fsp3) is 0.130. The van der Waals surface area contributed by atoms with Gasteiger partial charge in [-0.3, -0.25) is 14.5 Å². The number of methoxy groups -OCH3 is 1. The third-order valence-corrected chi connectivity index (χ3v) is 5.85. The minimum absolute atomic E-state index is 0.0772. The Morgan fingerprint density at radius 2 is 1.84 bits per heavy atom. The summed E-state index contributed by atoms with van der Waals surface area (Å²) in [5, 5.41) is 11.5. The number of aliphatic hydroxyl groups is 1. The molecule has 0 bridgehead atoms. The summed E-state index contributed by atoms with van der Waals surface area (Å²) in [6.45, 7) is 1.76. The fourth-order valence-corrected chi connectivity index (χ4v) is 3.99. The maximum atomic E-state index is 13.1. The van der Waals surface area contributed by atoms with Gasteiger partial charge in [-0.05, 0) is 61.5 Å². The Hall–Kier alpha value is -3.03.